The number of hydrogen-bond acceptors (Lipinski definition) is 3. The predicted molar refractivity (Wildman–Crippen MR) is 36.8 cm³/mol. The molecule has 0 atom stereocenters. The Hall–Kier alpha value is -1.58. The minimum Gasteiger partial charge on any atom is -0.356 e. The summed E-state index contributed by atoms with van der Waals surface area (Å²) in [6.45, 7) is 0. The molecule has 0 bridgehead atoms. The topological polar surface area (TPSA) is 66.2 Å². The molecular weight excluding hydrogens is 134 g/mol. The quantitative estimate of drug-likeness (QED) is 0.404. The van der Waals surface area contributed by atoms with E-state index in [0.717, 1.165) is 0 Å². The van der Waals surface area contributed by atoms with Crippen molar-refractivity contribution in [2.75, 3.05) is 0 Å². The summed E-state index contributed by atoms with van der Waals surface area (Å²) in [6, 6.07) is 12.0. The molecule has 1 rings (SSSR count). The molecule has 0 saturated heterocycles. The lowest BCUT2D eigenvalue weighted by Gasteiger charge is -1.74. The van der Waals surface area contributed by atoms with Gasteiger partial charge < -0.3 is 15.3 Å². The Bertz CT molecular complexity index is 145. The molecule has 0 aliphatic rings. The van der Waals surface area contributed by atoms with Crippen LogP contribution in [0.4, 0.5) is 0 Å². The van der Waals surface area contributed by atoms with Crippen molar-refractivity contribution in [3.63, 3.8) is 0 Å². The normalized spacial score (nSPS) is 7.20. The average Bonchev–Trinajstić information content (AvgIpc) is 1.90. The molecule has 4 nitrogen and oxygen atoms in total. The summed E-state index contributed by atoms with van der Waals surface area (Å²) in [6.07, 6.45) is 0. The SMILES string of the molecule is O=[N+]([O-])[O-].c1ccccc1. The van der Waals surface area contributed by atoms with Crippen molar-refractivity contribution >= 4 is 0 Å². The number of benzene rings is 1. The summed E-state index contributed by atoms with van der Waals surface area (Å²) < 4.78 is 0. The van der Waals surface area contributed by atoms with E-state index in [-0.39, 0.29) is 0 Å². The summed E-state index contributed by atoms with van der Waals surface area (Å²) in [5, 5.41) is 14.8. The first kappa shape index (κ1) is 8.42. The molecule has 0 aliphatic heterocycles. The number of hydrogen-bond donors (Lipinski definition) is 0. The predicted octanol–water partition coefficient (Wildman–Crippen LogP) is 1.45. The Balaban J connectivity index is 0.000000180. The highest BCUT2D eigenvalue weighted by molar-refractivity contribution is 4.99. The minimum absolute atomic E-state index is 1.75. The Labute approximate surface area is 57.8 Å². The summed E-state index contributed by atoms with van der Waals surface area (Å²) in [5.41, 5.74) is 0. The zero-order valence-corrected chi connectivity index (χ0v) is 5.14. The van der Waals surface area contributed by atoms with E-state index >= 15 is 0 Å². The lowest BCUT2D eigenvalue weighted by molar-refractivity contribution is -0.402. The van der Waals surface area contributed by atoms with E-state index in [4.69, 9.17) is 15.3 Å². The lowest BCUT2D eigenvalue weighted by Crippen LogP contribution is -1.74. The van der Waals surface area contributed by atoms with Crippen LogP contribution in [0, 0.1) is 15.3 Å². The second-order valence-corrected chi connectivity index (χ2v) is 1.38. The second kappa shape index (κ2) is 5.55. The third-order valence-corrected chi connectivity index (χ3v) is 0.667. The Morgan fingerprint density at radius 2 is 0.900 bits per heavy atom. The van der Waals surface area contributed by atoms with Gasteiger partial charge in [-0.05, 0) is 0 Å². The van der Waals surface area contributed by atoms with E-state index in [2.05, 4.69) is 0 Å². The van der Waals surface area contributed by atoms with Crippen LogP contribution in [0.25, 0.3) is 0 Å². The Kier molecular flexibility index (Phi) is 4.68. The fourth-order valence-corrected chi connectivity index (χ4v) is 0.385. The molecule has 0 spiro atoms. The number of nitrogens with zero attached hydrogens (tertiary/aromatic N) is 1. The average molecular weight is 140 g/mol. The number of rotatable bonds is 0. The molecule has 0 N–H and O–H groups in total. The van der Waals surface area contributed by atoms with Gasteiger partial charge >= 0.3 is 0 Å². The van der Waals surface area contributed by atoms with Gasteiger partial charge in [-0.3, -0.25) is 0 Å². The van der Waals surface area contributed by atoms with Crippen LogP contribution < -0.4 is 0 Å². The molecule has 0 aromatic heterocycles. The maximum atomic E-state index is 8.25. The first-order chi connectivity index (χ1) is 4.73. The highest BCUT2D eigenvalue weighted by atomic mass is 16.9. The van der Waals surface area contributed by atoms with Crippen molar-refractivity contribution in [2.45, 2.75) is 0 Å². The van der Waals surface area contributed by atoms with Gasteiger partial charge in [0, 0.05) is 0 Å². The summed E-state index contributed by atoms with van der Waals surface area (Å²) in [7, 11) is 0. The molecular formula is C6H6NO3-. The third kappa shape index (κ3) is 9.65. The van der Waals surface area contributed by atoms with Crippen molar-refractivity contribution < 1.29 is 5.09 Å². The molecule has 10 heavy (non-hydrogen) atoms. The molecule has 1 aromatic carbocycles. The van der Waals surface area contributed by atoms with Gasteiger partial charge in [0.1, 0.15) is 0 Å². The highest BCUT2D eigenvalue weighted by Gasteiger charge is 1.57. The first-order valence-corrected chi connectivity index (χ1v) is 2.55. The minimum atomic E-state index is -1.75. The zero-order chi connectivity index (χ0) is 7.82. The summed E-state index contributed by atoms with van der Waals surface area (Å²) in [5.74, 6) is 0. The van der Waals surface area contributed by atoms with Gasteiger partial charge in [-0.2, -0.15) is 0 Å². The molecule has 0 amide bonds. The monoisotopic (exact) mass is 140 g/mol. The van der Waals surface area contributed by atoms with Crippen LogP contribution in [0.2, 0.25) is 0 Å². The fourth-order valence-electron chi connectivity index (χ4n) is 0.385. The Morgan fingerprint density at radius 1 is 0.800 bits per heavy atom. The van der Waals surface area contributed by atoms with Gasteiger partial charge in [0.15, 0.2) is 0 Å². The standard InChI is InChI=1S/C6H6.NO3/c1-2-4-6-5-3-1;2-1(3)4/h1-6H;/q;-1. The summed E-state index contributed by atoms with van der Waals surface area (Å²) >= 11 is 0. The van der Waals surface area contributed by atoms with Gasteiger partial charge in [-0.25, -0.2) is 0 Å². The van der Waals surface area contributed by atoms with Crippen LogP contribution in [-0.2, 0) is 0 Å². The van der Waals surface area contributed by atoms with E-state index < -0.39 is 5.09 Å². The van der Waals surface area contributed by atoms with Crippen LogP contribution >= 0.6 is 0 Å². The van der Waals surface area contributed by atoms with Crippen LogP contribution in [0.1, 0.15) is 0 Å². The smallest absolute Gasteiger partial charge is 0.0689 e. The molecule has 1 aromatic rings. The van der Waals surface area contributed by atoms with Gasteiger partial charge in [0.2, 0.25) is 0 Å². The van der Waals surface area contributed by atoms with Crippen LogP contribution in [0.5, 0.6) is 0 Å². The van der Waals surface area contributed by atoms with Crippen molar-refractivity contribution in [3.8, 4) is 0 Å². The van der Waals surface area contributed by atoms with Gasteiger partial charge in [0.05, 0.1) is 5.09 Å². The van der Waals surface area contributed by atoms with Crippen molar-refractivity contribution in [1.82, 2.24) is 0 Å². The van der Waals surface area contributed by atoms with E-state index in [1.165, 1.54) is 0 Å². The van der Waals surface area contributed by atoms with Crippen molar-refractivity contribution in [3.05, 3.63) is 51.7 Å². The maximum absolute atomic E-state index is 8.25. The van der Waals surface area contributed by atoms with Crippen LogP contribution in [-0.4, -0.2) is 5.09 Å². The van der Waals surface area contributed by atoms with E-state index in [1.807, 2.05) is 36.4 Å². The largest absolute Gasteiger partial charge is 0.356 e. The molecule has 0 radical (unpaired) electrons. The van der Waals surface area contributed by atoms with Crippen molar-refractivity contribution in [1.29, 1.82) is 0 Å². The highest BCUT2D eigenvalue weighted by Crippen LogP contribution is 1.79. The zero-order valence-electron chi connectivity index (χ0n) is 5.14. The van der Waals surface area contributed by atoms with Crippen molar-refractivity contribution in [2.24, 2.45) is 0 Å². The first-order valence-electron chi connectivity index (χ1n) is 2.55. The lowest BCUT2D eigenvalue weighted by atomic mass is 10.4. The maximum Gasteiger partial charge on any atom is 0.0689 e. The fraction of sp³-hybridized carbons (Fsp3) is 0. The van der Waals surface area contributed by atoms with Crippen LogP contribution in [0.3, 0.4) is 0 Å². The molecule has 0 aliphatic carbocycles. The molecule has 0 unspecified atom stereocenters. The van der Waals surface area contributed by atoms with Gasteiger partial charge in [-0.15, -0.1) is 0 Å². The van der Waals surface area contributed by atoms with E-state index in [0.29, 0.717) is 0 Å². The second-order valence-electron chi connectivity index (χ2n) is 1.38. The van der Waals surface area contributed by atoms with E-state index in [1.54, 1.807) is 0 Å². The Morgan fingerprint density at radius 3 is 1.00 bits per heavy atom. The van der Waals surface area contributed by atoms with E-state index in [9.17, 15) is 0 Å². The molecule has 54 valence electrons. The molecule has 0 saturated carbocycles. The van der Waals surface area contributed by atoms with Gasteiger partial charge in [0.25, 0.3) is 0 Å². The molecule has 0 fully saturated rings. The molecule has 0 heterocycles. The summed E-state index contributed by atoms with van der Waals surface area (Å²) in [4.78, 5) is 8.25. The third-order valence-electron chi connectivity index (χ3n) is 0.667. The van der Waals surface area contributed by atoms with Gasteiger partial charge in [-0.1, -0.05) is 36.4 Å². The van der Waals surface area contributed by atoms with Crippen LogP contribution in [0.15, 0.2) is 36.4 Å². The molecule has 4 heteroatoms.